The number of hydrogen-bond acceptors (Lipinski definition) is 4. The van der Waals surface area contributed by atoms with E-state index in [1.807, 2.05) is 0 Å². The SMILES string of the molecule is Cc1occc1C(=O)Nc1cc(NC(=O)[C@H]2CCCO2)ccc1F. The maximum absolute atomic E-state index is 13.9. The standard InChI is InChI=1S/C17H17FN2O4/c1-10-12(6-8-23-10)16(21)20-14-9-11(4-5-13(14)18)19-17(22)15-3-2-7-24-15/h4-6,8-9,15H,2-3,7H2,1H3,(H,19,22)(H,20,21)/t15-/m1/s1. The van der Waals surface area contributed by atoms with Crippen molar-refractivity contribution >= 4 is 23.2 Å². The zero-order chi connectivity index (χ0) is 17.1. The first-order chi connectivity index (χ1) is 11.5. The van der Waals surface area contributed by atoms with Gasteiger partial charge in [0, 0.05) is 12.3 Å². The molecule has 126 valence electrons. The van der Waals surface area contributed by atoms with E-state index in [0.29, 0.717) is 30.0 Å². The van der Waals surface area contributed by atoms with Gasteiger partial charge in [-0.2, -0.15) is 0 Å². The Bertz CT molecular complexity index is 766. The average Bonchev–Trinajstić information content (AvgIpc) is 3.21. The van der Waals surface area contributed by atoms with Crippen molar-refractivity contribution in [3.05, 3.63) is 47.7 Å². The molecular weight excluding hydrogens is 315 g/mol. The van der Waals surface area contributed by atoms with Crippen molar-refractivity contribution in [2.45, 2.75) is 25.9 Å². The van der Waals surface area contributed by atoms with Gasteiger partial charge in [-0.15, -0.1) is 0 Å². The van der Waals surface area contributed by atoms with Crippen LogP contribution in [0.2, 0.25) is 0 Å². The second-order valence-electron chi connectivity index (χ2n) is 5.53. The summed E-state index contributed by atoms with van der Waals surface area (Å²) in [6.45, 7) is 2.20. The van der Waals surface area contributed by atoms with Crippen molar-refractivity contribution in [2.24, 2.45) is 0 Å². The molecule has 6 nitrogen and oxygen atoms in total. The van der Waals surface area contributed by atoms with Gasteiger partial charge in [0.25, 0.3) is 11.8 Å². The Balaban J connectivity index is 1.73. The summed E-state index contributed by atoms with van der Waals surface area (Å²) in [6.07, 6.45) is 2.41. The molecule has 0 radical (unpaired) electrons. The molecule has 0 saturated carbocycles. The lowest BCUT2D eigenvalue weighted by Gasteiger charge is -2.12. The van der Waals surface area contributed by atoms with Crippen LogP contribution < -0.4 is 10.6 Å². The number of rotatable bonds is 4. The molecule has 2 amide bonds. The Labute approximate surface area is 138 Å². The van der Waals surface area contributed by atoms with Gasteiger partial charge in [-0.3, -0.25) is 9.59 Å². The van der Waals surface area contributed by atoms with Crippen molar-refractivity contribution in [3.63, 3.8) is 0 Å². The third-order valence-electron chi connectivity index (χ3n) is 3.81. The van der Waals surface area contributed by atoms with Gasteiger partial charge in [0.1, 0.15) is 17.7 Å². The minimum Gasteiger partial charge on any atom is -0.469 e. The van der Waals surface area contributed by atoms with Gasteiger partial charge in [-0.1, -0.05) is 0 Å². The highest BCUT2D eigenvalue weighted by Crippen LogP contribution is 2.22. The zero-order valence-electron chi connectivity index (χ0n) is 13.1. The number of halogens is 1. The van der Waals surface area contributed by atoms with E-state index in [0.717, 1.165) is 6.42 Å². The quantitative estimate of drug-likeness (QED) is 0.901. The molecule has 7 heteroatoms. The normalized spacial score (nSPS) is 16.8. The maximum atomic E-state index is 13.9. The number of amides is 2. The Kier molecular flexibility index (Phi) is 4.61. The van der Waals surface area contributed by atoms with Crippen LogP contribution in [0.25, 0.3) is 0 Å². The van der Waals surface area contributed by atoms with Crippen LogP contribution in [0.15, 0.2) is 34.9 Å². The van der Waals surface area contributed by atoms with E-state index in [-0.39, 0.29) is 11.6 Å². The highest BCUT2D eigenvalue weighted by molar-refractivity contribution is 6.05. The van der Waals surface area contributed by atoms with Gasteiger partial charge in [-0.05, 0) is 44.0 Å². The van der Waals surface area contributed by atoms with Crippen LogP contribution in [-0.4, -0.2) is 24.5 Å². The van der Waals surface area contributed by atoms with E-state index in [1.165, 1.54) is 30.5 Å². The third-order valence-corrected chi connectivity index (χ3v) is 3.81. The molecule has 1 aromatic heterocycles. The van der Waals surface area contributed by atoms with Crippen LogP contribution in [0.1, 0.15) is 29.0 Å². The molecule has 0 spiro atoms. The first-order valence-electron chi connectivity index (χ1n) is 7.62. The van der Waals surface area contributed by atoms with Crippen LogP contribution in [-0.2, 0) is 9.53 Å². The Morgan fingerprint density at radius 3 is 2.75 bits per heavy atom. The van der Waals surface area contributed by atoms with Crippen LogP contribution in [0.3, 0.4) is 0 Å². The molecule has 1 aliphatic heterocycles. The molecule has 0 aliphatic carbocycles. The molecular formula is C17H17FN2O4. The first kappa shape index (κ1) is 16.2. The number of hydrogen-bond donors (Lipinski definition) is 2. The number of nitrogens with one attached hydrogen (secondary N) is 2. The van der Waals surface area contributed by atoms with Gasteiger partial charge in [-0.25, -0.2) is 4.39 Å². The lowest BCUT2D eigenvalue weighted by atomic mass is 10.2. The van der Waals surface area contributed by atoms with Crippen molar-refractivity contribution in [3.8, 4) is 0 Å². The summed E-state index contributed by atoms with van der Waals surface area (Å²) in [5, 5.41) is 5.15. The summed E-state index contributed by atoms with van der Waals surface area (Å²) in [7, 11) is 0. The summed E-state index contributed by atoms with van der Waals surface area (Å²) in [5.74, 6) is -0.917. The van der Waals surface area contributed by atoms with Crippen LogP contribution in [0.5, 0.6) is 0 Å². The molecule has 24 heavy (non-hydrogen) atoms. The van der Waals surface area contributed by atoms with E-state index < -0.39 is 17.8 Å². The van der Waals surface area contributed by atoms with Gasteiger partial charge in [0.2, 0.25) is 0 Å². The second kappa shape index (κ2) is 6.84. The van der Waals surface area contributed by atoms with E-state index in [2.05, 4.69) is 10.6 Å². The molecule has 1 fully saturated rings. The minimum atomic E-state index is -0.598. The molecule has 1 saturated heterocycles. The van der Waals surface area contributed by atoms with E-state index in [9.17, 15) is 14.0 Å². The molecule has 2 heterocycles. The molecule has 1 aromatic carbocycles. The fraction of sp³-hybridized carbons (Fsp3) is 0.294. The molecule has 2 aromatic rings. The largest absolute Gasteiger partial charge is 0.469 e. The lowest BCUT2D eigenvalue weighted by Crippen LogP contribution is -2.26. The van der Waals surface area contributed by atoms with Gasteiger partial charge in [0.05, 0.1) is 17.5 Å². The number of carbonyl (C=O) groups is 2. The summed E-state index contributed by atoms with van der Waals surface area (Å²) in [4.78, 5) is 24.2. The van der Waals surface area contributed by atoms with E-state index >= 15 is 0 Å². The number of ether oxygens (including phenoxy) is 1. The number of carbonyl (C=O) groups excluding carboxylic acids is 2. The number of benzene rings is 1. The van der Waals surface area contributed by atoms with Crippen molar-refractivity contribution in [1.29, 1.82) is 0 Å². The Morgan fingerprint density at radius 1 is 1.25 bits per heavy atom. The predicted molar refractivity (Wildman–Crippen MR) is 85.4 cm³/mol. The van der Waals surface area contributed by atoms with Crippen molar-refractivity contribution in [1.82, 2.24) is 0 Å². The van der Waals surface area contributed by atoms with Gasteiger partial charge >= 0.3 is 0 Å². The molecule has 1 atom stereocenters. The van der Waals surface area contributed by atoms with Gasteiger partial charge in [0.15, 0.2) is 0 Å². The van der Waals surface area contributed by atoms with Crippen molar-refractivity contribution in [2.75, 3.05) is 17.2 Å². The summed E-state index contributed by atoms with van der Waals surface area (Å²) >= 11 is 0. The molecule has 2 N–H and O–H groups in total. The summed E-state index contributed by atoms with van der Waals surface area (Å²) < 4.78 is 24.3. The minimum absolute atomic E-state index is 0.0225. The molecule has 3 rings (SSSR count). The summed E-state index contributed by atoms with van der Waals surface area (Å²) in [6, 6.07) is 5.49. The second-order valence-corrected chi connectivity index (χ2v) is 5.53. The number of anilines is 2. The predicted octanol–water partition coefficient (Wildman–Crippen LogP) is 3.10. The van der Waals surface area contributed by atoms with Crippen LogP contribution in [0, 0.1) is 12.7 Å². The Hall–Kier alpha value is -2.67. The van der Waals surface area contributed by atoms with Crippen LogP contribution in [0.4, 0.5) is 15.8 Å². The average molecular weight is 332 g/mol. The summed E-state index contributed by atoms with van der Waals surface area (Å²) in [5.41, 5.74) is 0.685. The molecule has 0 unspecified atom stereocenters. The first-order valence-corrected chi connectivity index (χ1v) is 7.62. The van der Waals surface area contributed by atoms with Crippen molar-refractivity contribution < 1.29 is 23.1 Å². The number of furan rings is 1. The smallest absolute Gasteiger partial charge is 0.259 e. The molecule has 1 aliphatic rings. The topological polar surface area (TPSA) is 80.6 Å². The van der Waals surface area contributed by atoms with E-state index in [1.54, 1.807) is 6.92 Å². The third kappa shape index (κ3) is 3.46. The van der Waals surface area contributed by atoms with Crippen LogP contribution >= 0.6 is 0 Å². The molecule has 0 bridgehead atoms. The fourth-order valence-electron chi connectivity index (χ4n) is 2.52. The van der Waals surface area contributed by atoms with E-state index in [4.69, 9.17) is 9.15 Å². The van der Waals surface area contributed by atoms with Gasteiger partial charge < -0.3 is 19.8 Å². The maximum Gasteiger partial charge on any atom is 0.259 e. The lowest BCUT2D eigenvalue weighted by molar-refractivity contribution is -0.124. The zero-order valence-corrected chi connectivity index (χ0v) is 13.1. The highest BCUT2D eigenvalue weighted by atomic mass is 19.1. The Morgan fingerprint density at radius 2 is 2.08 bits per heavy atom. The monoisotopic (exact) mass is 332 g/mol. The fourth-order valence-corrected chi connectivity index (χ4v) is 2.52. The number of aryl methyl sites for hydroxylation is 1. The highest BCUT2D eigenvalue weighted by Gasteiger charge is 2.23.